The predicted octanol–water partition coefficient (Wildman–Crippen LogP) is 0.753. The Bertz CT molecular complexity index is 1460. The summed E-state index contributed by atoms with van der Waals surface area (Å²) in [5.74, 6) is -2.84. The van der Waals surface area contributed by atoms with E-state index in [-0.39, 0.29) is 54.3 Å². The lowest BCUT2D eigenvalue weighted by atomic mass is 10.0. The number of carboxylic acids is 2. The van der Waals surface area contributed by atoms with Crippen molar-refractivity contribution in [3.05, 3.63) is 45.9 Å². The highest BCUT2D eigenvalue weighted by atomic mass is 16.6. The van der Waals surface area contributed by atoms with E-state index in [2.05, 4.69) is 25.3 Å². The van der Waals surface area contributed by atoms with Crippen molar-refractivity contribution < 1.29 is 29.4 Å². The molecule has 1 unspecified atom stereocenters. The molecule has 2 aromatic heterocycles. The summed E-state index contributed by atoms with van der Waals surface area (Å²) in [4.78, 5) is 51.7. The van der Waals surface area contributed by atoms with Crippen LogP contribution in [0.2, 0.25) is 0 Å². The van der Waals surface area contributed by atoms with Crippen molar-refractivity contribution in [3.63, 3.8) is 0 Å². The fourth-order valence-electron chi connectivity index (χ4n) is 4.71. The molecule has 15 heteroatoms. The lowest BCUT2D eigenvalue weighted by Gasteiger charge is -2.46. The van der Waals surface area contributed by atoms with Gasteiger partial charge in [-0.3, -0.25) is 14.3 Å². The number of anilines is 3. The number of aryl methyl sites for hydroxylation is 1. The number of carbonyl (C=O) groups excluding carboxylic acids is 1. The fourth-order valence-corrected chi connectivity index (χ4v) is 4.71. The smallest absolute Gasteiger partial charge is 0.326 e. The highest BCUT2D eigenvalue weighted by Crippen LogP contribution is 2.36. The van der Waals surface area contributed by atoms with Gasteiger partial charge in [0.1, 0.15) is 18.3 Å². The topological polar surface area (TPSA) is 234 Å². The van der Waals surface area contributed by atoms with Gasteiger partial charge in [-0.2, -0.15) is 9.97 Å². The maximum Gasteiger partial charge on any atom is 0.326 e. The highest BCUT2D eigenvalue weighted by molar-refractivity contribution is 5.97. The zero-order valence-electron chi connectivity index (χ0n) is 21.4. The van der Waals surface area contributed by atoms with Crippen molar-refractivity contribution >= 4 is 46.5 Å². The summed E-state index contributed by atoms with van der Waals surface area (Å²) in [7, 11) is 1.48. The molecule has 3 aromatic rings. The molecule has 2 atom stereocenters. The molecule has 4 rings (SSSR count). The van der Waals surface area contributed by atoms with Crippen molar-refractivity contribution in [3.8, 4) is 0 Å². The first kappa shape index (κ1) is 27.4. The number of aliphatic carboxylic acids is 2. The standard InChI is InChI=1S/C24H29N9O6/c1-12-8-14(22(36)29-16(23(37)38)4-3-5-17(34)35)9-13-6-7-32(19(12)13)33(2,39)11-15-10-27-21-18(28-15)20(25)30-24(26)31-21/h8-10,16H,3-7,11H2,1-2H3,(H,29,36)(H,34,35)(H,37,38)(H4,25,26,27,30,31)/t16-,33?/m0/s1. The van der Waals surface area contributed by atoms with E-state index in [1.54, 1.807) is 24.1 Å². The van der Waals surface area contributed by atoms with Crippen molar-refractivity contribution in [2.24, 2.45) is 0 Å². The Balaban J connectivity index is 1.53. The normalized spacial score (nSPS) is 15.0. The number of nitrogens with zero attached hydrogens (tertiary/aromatic N) is 6. The summed E-state index contributed by atoms with van der Waals surface area (Å²) in [6.45, 7) is 2.09. The number of carbonyl (C=O) groups is 3. The number of fused-ring (bicyclic) bond motifs is 2. The van der Waals surface area contributed by atoms with Gasteiger partial charge in [0, 0.05) is 12.0 Å². The van der Waals surface area contributed by atoms with Crippen LogP contribution in [0, 0.1) is 12.1 Å². The summed E-state index contributed by atoms with van der Waals surface area (Å²) in [6.07, 6.45) is 1.84. The van der Waals surface area contributed by atoms with Crippen LogP contribution in [0.3, 0.4) is 0 Å². The number of aromatic nitrogens is 4. The van der Waals surface area contributed by atoms with E-state index in [0.717, 1.165) is 5.56 Å². The maximum absolute atomic E-state index is 13.8. The van der Waals surface area contributed by atoms with Crippen LogP contribution in [0.5, 0.6) is 0 Å². The molecule has 0 saturated heterocycles. The molecule has 0 bridgehead atoms. The Morgan fingerprint density at radius 2 is 1.95 bits per heavy atom. The number of hydroxylamine groups is 2. The van der Waals surface area contributed by atoms with Gasteiger partial charge in [-0.25, -0.2) is 19.8 Å². The molecule has 0 saturated carbocycles. The van der Waals surface area contributed by atoms with Gasteiger partial charge in [0.25, 0.3) is 5.91 Å². The second-order valence-electron chi connectivity index (χ2n) is 9.53. The maximum atomic E-state index is 13.8. The van der Waals surface area contributed by atoms with E-state index >= 15 is 0 Å². The first-order chi connectivity index (χ1) is 18.4. The quantitative estimate of drug-likeness (QED) is 0.177. The number of hydrogen-bond acceptors (Lipinski definition) is 11. The minimum absolute atomic E-state index is 0.0140. The first-order valence-corrected chi connectivity index (χ1v) is 12.1. The molecular formula is C24H29N9O6. The summed E-state index contributed by atoms with van der Waals surface area (Å²) in [5, 5.41) is 36.1. The van der Waals surface area contributed by atoms with Crippen LogP contribution >= 0.6 is 0 Å². The van der Waals surface area contributed by atoms with Gasteiger partial charge in [-0.1, -0.05) is 0 Å². The lowest BCUT2D eigenvalue weighted by Crippen LogP contribution is -2.52. The number of nitrogens with two attached hydrogens (primary N) is 2. The summed E-state index contributed by atoms with van der Waals surface area (Å²) in [6, 6.07) is 2.02. The second kappa shape index (κ2) is 10.6. The Morgan fingerprint density at radius 3 is 2.64 bits per heavy atom. The van der Waals surface area contributed by atoms with Crippen LogP contribution in [0.25, 0.3) is 11.2 Å². The van der Waals surface area contributed by atoms with Crippen LogP contribution in [0.1, 0.15) is 46.4 Å². The third kappa shape index (κ3) is 5.94. The molecule has 0 radical (unpaired) electrons. The summed E-state index contributed by atoms with van der Waals surface area (Å²) in [5.41, 5.74) is 14.7. The molecule has 15 nitrogen and oxygen atoms in total. The molecule has 0 fully saturated rings. The minimum Gasteiger partial charge on any atom is -0.606 e. The van der Waals surface area contributed by atoms with Crippen LogP contribution in [0.4, 0.5) is 17.5 Å². The Labute approximate surface area is 222 Å². The number of nitrogens with one attached hydrogen (secondary N) is 1. The Hall–Kier alpha value is -4.63. The monoisotopic (exact) mass is 539 g/mol. The van der Waals surface area contributed by atoms with Crippen molar-refractivity contribution in [1.29, 1.82) is 0 Å². The molecular weight excluding hydrogens is 510 g/mol. The number of amides is 1. The van der Waals surface area contributed by atoms with E-state index in [9.17, 15) is 24.7 Å². The van der Waals surface area contributed by atoms with Gasteiger partial charge < -0.3 is 32.2 Å². The highest BCUT2D eigenvalue weighted by Gasteiger charge is 2.33. The van der Waals surface area contributed by atoms with Gasteiger partial charge in [0.05, 0.1) is 25.5 Å². The van der Waals surface area contributed by atoms with Crippen molar-refractivity contribution in [1.82, 2.24) is 25.3 Å². The summed E-state index contributed by atoms with van der Waals surface area (Å²) >= 11 is 0. The zero-order chi connectivity index (χ0) is 28.5. The van der Waals surface area contributed by atoms with E-state index in [4.69, 9.17) is 16.6 Å². The van der Waals surface area contributed by atoms with Gasteiger partial charge in [0.2, 0.25) is 5.95 Å². The van der Waals surface area contributed by atoms with Gasteiger partial charge >= 0.3 is 11.9 Å². The van der Waals surface area contributed by atoms with Crippen LogP contribution in [-0.2, 0) is 22.6 Å². The second-order valence-corrected chi connectivity index (χ2v) is 9.53. The number of hydrogen-bond donors (Lipinski definition) is 5. The van der Waals surface area contributed by atoms with E-state index < -0.39 is 28.6 Å². The molecule has 1 aromatic carbocycles. The van der Waals surface area contributed by atoms with E-state index in [1.807, 2.05) is 0 Å². The zero-order valence-corrected chi connectivity index (χ0v) is 21.4. The molecule has 7 N–H and O–H groups in total. The molecule has 0 spiro atoms. The third-order valence-electron chi connectivity index (χ3n) is 6.45. The summed E-state index contributed by atoms with van der Waals surface area (Å²) < 4.78 is -0.833. The third-order valence-corrected chi connectivity index (χ3v) is 6.45. The van der Waals surface area contributed by atoms with Gasteiger partial charge in [0.15, 0.2) is 17.0 Å². The number of quaternary nitrogens is 1. The molecule has 3 heterocycles. The number of carboxylic acid groups (broad SMARTS) is 2. The largest absolute Gasteiger partial charge is 0.606 e. The van der Waals surface area contributed by atoms with Crippen LogP contribution < -0.4 is 21.8 Å². The average molecular weight is 540 g/mol. The molecule has 1 aliphatic rings. The SMILES string of the molecule is Cc1cc(C(=O)N[C@@H](CCCC(=O)O)C(=O)O)cc2c1N([N+](C)([O-])Cc1cnc3nc(N)nc(N)c3n1)CC2. The Kier molecular flexibility index (Phi) is 7.47. The molecule has 39 heavy (non-hydrogen) atoms. The van der Waals surface area contributed by atoms with Crippen molar-refractivity contribution in [2.75, 3.05) is 30.1 Å². The predicted molar refractivity (Wildman–Crippen MR) is 140 cm³/mol. The van der Waals surface area contributed by atoms with E-state index in [1.165, 1.54) is 13.2 Å². The first-order valence-electron chi connectivity index (χ1n) is 12.1. The van der Waals surface area contributed by atoms with Crippen molar-refractivity contribution in [2.45, 2.75) is 45.2 Å². The van der Waals surface area contributed by atoms with Gasteiger partial charge in [-0.15, -0.1) is 0 Å². The molecule has 1 aliphatic heterocycles. The van der Waals surface area contributed by atoms with Gasteiger partial charge in [-0.05, 0) is 49.4 Å². The Morgan fingerprint density at radius 1 is 1.21 bits per heavy atom. The molecule has 1 amide bonds. The van der Waals surface area contributed by atoms with Crippen LogP contribution in [0.15, 0.2) is 18.3 Å². The van der Waals surface area contributed by atoms with E-state index in [0.29, 0.717) is 29.9 Å². The minimum atomic E-state index is -1.24. The lowest BCUT2D eigenvalue weighted by molar-refractivity contribution is -0.883. The fraction of sp³-hybridized carbons (Fsp3) is 0.375. The average Bonchev–Trinajstić information content (AvgIpc) is 3.29. The van der Waals surface area contributed by atoms with Crippen LogP contribution in [-0.4, -0.2) is 72.4 Å². The number of benzene rings is 1. The molecule has 0 aliphatic carbocycles. The molecule has 206 valence electrons. The number of nitrogen functional groups attached to an aromatic ring is 2. The number of rotatable bonds is 10.